The minimum atomic E-state index is -0.904. The fourth-order valence-electron chi connectivity index (χ4n) is 6.85. The van der Waals surface area contributed by atoms with Crippen molar-refractivity contribution >= 4 is 5.91 Å². The molecule has 4 heteroatoms. The van der Waals surface area contributed by atoms with E-state index < -0.39 is 12.1 Å². The quantitative estimate of drug-likeness (QED) is 0.0423. The number of hydrogen-bond donors (Lipinski definition) is 3. The van der Waals surface area contributed by atoms with Crippen molar-refractivity contribution in [3.8, 4) is 0 Å². The lowest BCUT2D eigenvalue weighted by atomic mass is 10.0. The Hall–Kier alpha value is -3.21. The molecule has 0 aromatic rings. The Morgan fingerprint density at radius 3 is 1.15 bits per heavy atom. The zero-order chi connectivity index (χ0) is 44.2. The monoisotopic (exact) mass is 842 g/mol. The van der Waals surface area contributed by atoms with Crippen molar-refractivity contribution in [1.82, 2.24) is 5.32 Å². The van der Waals surface area contributed by atoms with Gasteiger partial charge < -0.3 is 15.5 Å². The molecule has 1 amide bonds. The first-order chi connectivity index (χ1) is 30.2. The zero-order valence-corrected chi connectivity index (χ0v) is 39.6. The van der Waals surface area contributed by atoms with Crippen LogP contribution in [0.5, 0.6) is 0 Å². The molecule has 2 unspecified atom stereocenters. The predicted octanol–water partition coefficient (Wildman–Crippen LogP) is 16.5. The molecule has 0 fully saturated rings. The van der Waals surface area contributed by atoms with Gasteiger partial charge in [0.2, 0.25) is 5.91 Å². The number of aliphatic hydroxyl groups is 2. The standard InChI is InChI=1S/C57H95NO3/c1-3-5-7-9-11-13-15-17-19-21-23-25-27-28-29-31-32-34-36-38-40-42-44-46-48-50-52-56(60)55(54-59)58-57(61)53-51-49-47-45-43-41-39-37-35-33-30-26-24-22-20-18-16-14-12-10-8-6-4-2/h6,8,12,14,18,20,24,26,33-36,39,41-42,44-45,47,50,52,55-56,59-60H,3-5,7,9-11,13,15-17,19,21-23,25,27-32,37-38,40,43,46,48-49,51,53-54H2,1-2H3,(H,58,61)/b8-6-,14-12-,20-18-,26-24-,35-33-,36-34+,41-39-,44-42+,47-45-,52-50+. The lowest BCUT2D eigenvalue weighted by Gasteiger charge is -2.19. The molecule has 0 aliphatic carbocycles. The first-order valence-electron chi connectivity index (χ1n) is 25.2. The highest BCUT2D eigenvalue weighted by Crippen LogP contribution is 2.14. The van der Waals surface area contributed by atoms with E-state index in [1.165, 1.54) is 109 Å². The van der Waals surface area contributed by atoms with Crippen LogP contribution in [0.1, 0.15) is 213 Å². The Bertz CT molecular complexity index is 1230. The molecule has 0 aromatic heterocycles. The van der Waals surface area contributed by atoms with Gasteiger partial charge in [-0.3, -0.25) is 4.79 Å². The van der Waals surface area contributed by atoms with Crippen molar-refractivity contribution in [3.05, 3.63) is 122 Å². The summed E-state index contributed by atoms with van der Waals surface area (Å²) >= 11 is 0. The summed E-state index contributed by atoms with van der Waals surface area (Å²) in [7, 11) is 0. The average molecular weight is 842 g/mol. The van der Waals surface area contributed by atoms with E-state index in [0.717, 1.165) is 83.5 Å². The first-order valence-corrected chi connectivity index (χ1v) is 25.2. The van der Waals surface area contributed by atoms with Gasteiger partial charge in [0.15, 0.2) is 0 Å². The number of amides is 1. The van der Waals surface area contributed by atoms with Crippen molar-refractivity contribution < 1.29 is 15.0 Å². The topological polar surface area (TPSA) is 69.6 Å². The van der Waals surface area contributed by atoms with Gasteiger partial charge in [-0.1, -0.05) is 232 Å². The Kier molecular flexibility index (Phi) is 48.5. The second-order valence-electron chi connectivity index (χ2n) is 16.5. The predicted molar refractivity (Wildman–Crippen MR) is 271 cm³/mol. The summed E-state index contributed by atoms with van der Waals surface area (Å²) in [5, 5.41) is 23.0. The molecule has 0 saturated heterocycles. The van der Waals surface area contributed by atoms with Gasteiger partial charge in [0.1, 0.15) is 0 Å². The van der Waals surface area contributed by atoms with Gasteiger partial charge in [-0.15, -0.1) is 0 Å². The van der Waals surface area contributed by atoms with Crippen LogP contribution in [0.15, 0.2) is 122 Å². The van der Waals surface area contributed by atoms with Crippen LogP contribution in [-0.2, 0) is 4.79 Å². The van der Waals surface area contributed by atoms with E-state index in [4.69, 9.17) is 0 Å². The third-order valence-corrected chi connectivity index (χ3v) is 10.7. The third-order valence-electron chi connectivity index (χ3n) is 10.7. The Morgan fingerprint density at radius 2 is 0.738 bits per heavy atom. The number of nitrogens with one attached hydrogen (secondary N) is 1. The fourth-order valence-corrected chi connectivity index (χ4v) is 6.85. The molecule has 0 radical (unpaired) electrons. The molecule has 0 aliphatic rings. The summed E-state index contributed by atoms with van der Waals surface area (Å²) in [6.07, 6.45) is 79.1. The van der Waals surface area contributed by atoms with E-state index in [0.29, 0.717) is 6.42 Å². The first kappa shape index (κ1) is 57.8. The Morgan fingerprint density at radius 1 is 0.410 bits per heavy atom. The number of hydrogen-bond acceptors (Lipinski definition) is 3. The van der Waals surface area contributed by atoms with E-state index in [-0.39, 0.29) is 12.5 Å². The molecular weight excluding hydrogens is 747 g/mol. The van der Waals surface area contributed by atoms with E-state index in [2.05, 4.69) is 129 Å². The van der Waals surface area contributed by atoms with Gasteiger partial charge in [-0.05, 0) is 96.3 Å². The largest absolute Gasteiger partial charge is 0.394 e. The van der Waals surface area contributed by atoms with Crippen LogP contribution in [-0.4, -0.2) is 34.9 Å². The molecular formula is C57H95NO3. The number of aliphatic hydroxyl groups excluding tert-OH is 2. The van der Waals surface area contributed by atoms with Crippen molar-refractivity contribution in [2.24, 2.45) is 0 Å². The van der Waals surface area contributed by atoms with Gasteiger partial charge >= 0.3 is 0 Å². The molecule has 3 N–H and O–H groups in total. The van der Waals surface area contributed by atoms with Gasteiger partial charge in [0.05, 0.1) is 18.8 Å². The molecule has 0 bridgehead atoms. The number of rotatable bonds is 44. The van der Waals surface area contributed by atoms with E-state index in [9.17, 15) is 15.0 Å². The molecule has 4 nitrogen and oxygen atoms in total. The maximum Gasteiger partial charge on any atom is 0.220 e. The van der Waals surface area contributed by atoms with Crippen LogP contribution < -0.4 is 5.32 Å². The zero-order valence-electron chi connectivity index (χ0n) is 39.6. The molecule has 0 spiro atoms. The van der Waals surface area contributed by atoms with Crippen molar-refractivity contribution in [3.63, 3.8) is 0 Å². The Labute approximate surface area is 378 Å². The molecule has 0 heterocycles. The van der Waals surface area contributed by atoms with Crippen LogP contribution in [0.3, 0.4) is 0 Å². The summed E-state index contributed by atoms with van der Waals surface area (Å²) in [5.41, 5.74) is 0. The lowest BCUT2D eigenvalue weighted by Crippen LogP contribution is -2.45. The molecule has 2 atom stereocenters. The summed E-state index contributed by atoms with van der Waals surface area (Å²) in [6, 6.07) is -0.686. The highest BCUT2D eigenvalue weighted by atomic mass is 16.3. The molecule has 0 rings (SSSR count). The van der Waals surface area contributed by atoms with Crippen molar-refractivity contribution in [1.29, 1.82) is 0 Å². The van der Waals surface area contributed by atoms with E-state index in [1.54, 1.807) is 6.08 Å². The van der Waals surface area contributed by atoms with Gasteiger partial charge in [-0.2, -0.15) is 0 Å². The molecule has 0 aliphatic heterocycles. The van der Waals surface area contributed by atoms with Crippen molar-refractivity contribution in [2.45, 2.75) is 225 Å². The van der Waals surface area contributed by atoms with Gasteiger partial charge in [0.25, 0.3) is 0 Å². The summed E-state index contributed by atoms with van der Waals surface area (Å²) < 4.78 is 0. The average Bonchev–Trinajstić information content (AvgIpc) is 3.26. The fraction of sp³-hybridized carbons (Fsp3) is 0.632. The number of carbonyl (C=O) groups is 1. The van der Waals surface area contributed by atoms with Crippen LogP contribution in [0.4, 0.5) is 0 Å². The summed E-state index contributed by atoms with van der Waals surface area (Å²) in [4.78, 5) is 12.4. The maximum absolute atomic E-state index is 12.4. The lowest BCUT2D eigenvalue weighted by molar-refractivity contribution is -0.122. The second kappa shape index (κ2) is 51.1. The maximum atomic E-state index is 12.4. The Balaban J connectivity index is 3.75. The molecule has 0 aromatic carbocycles. The highest BCUT2D eigenvalue weighted by Gasteiger charge is 2.17. The van der Waals surface area contributed by atoms with Crippen LogP contribution in [0.25, 0.3) is 0 Å². The molecule has 0 saturated carbocycles. The smallest absolute Gasteiger partial charge is 0.220 e. The van der Waals surface area contributed by atoms with Crippen LogP contribution in [0.2, 0.25) is 0 Å². The van der Waals surface area contributed by atoms with Gasteiger partial charge in [-0.25, -0.2) is 0 Å². The number of carbonyl (C=O) groups excluding carboxylic acids is 1. The SMILES string of the molecule is CC/C=C\C/C=C\C/C=C\C/C=C\C/C=C\C/C=C\C/C=C\CCCC(=O)NC(CO)C(O)/C=C/CC/C=C/CC/C=C/CCCCCCCCCCCCCCCCCC. The number of allylic oxidation sites excluding steroid dienone is 19. The van der Waals surface area contributed by atoms with Crippen molar-refractivity contribution in [2.75, 3.05) is 6.61 Å². The van der Waals surface area contributed by atoms with Crippen LogP contribution >= 0.6 is 0 Å². The van der Waals surface area contributed by atoms with Crippen LogP contribution in [0, 0.1) is 0 Å². The minimum absolute atomic E-state index is 0.140. The molecule has 61 heavy (non-hydrogen) atoms. The van der Waals surface area contributed by atoms with E-state index >= 15 is 0 Å². The minimum Gasteiger partial charge on any atom is -0.394 e. The highest BCUT2D eigenvalue weighted by molar-refractivity contribution is 5.76. The number of unbranched alkanes of at least 4 members (excludes halogenated alkanes) is 19. The second-order valence-corrected chi connectivity index (χ2v) is 16.5. The normalized spacial score (nSPS) is 14.0. The summed E-state index contributed by atoms with van der Waals surface area (Å²) in [6.45, 7) is 4.15. The molecule has 346 valence electrons. The third kappa shape index (κ3) is 47.7. The summed E-state index contributed by atoms with van der Waals surface area (Å²) in [5.74, 6) is -0.140. The van der Waals surface area contributed by atoms with Gasteiger partial charge in [0, 0.05) is 6.42 Å². The van der Waals surface area contributed by atoms with E-state index in [1.807, 2.05) is 6.08 Å².